The fraction of sp³-hybridized carbons (Fsp3) is 0.333. The van der Waals surface area contributed by atoms with E-state index in [1.165, 1.54) is 0 Å². The van der Waals surface area contributed by atoms with Crippen LogP contribution in [0.4, 0.5) is 0 Å². The Bertz CT molecular complexity index is 243. The number of benzene rings is 1. The van der Waals surface area contributed by atoms with E-state index in [-0.39, 0.29) is 0 Å². The fourth-order valence-electron chi connectivity index (χ4n) is 1.58. The first-order valence-electron chi connectivity index (χ1n) is 3.74. The van der Waals surface area contributed by atoms with Gasteiger partial charge in [0.2, 0.25) is 0 Å². The summed E-state index contributed by atoms with van der Waals surface area (Å²) in [4.78, 5) is 0. The Labute approximate surface area is 65.1 Å². The number of aliphatic hydroxyl groups is 2. The van der Waals surface area contributed by atoms with Gasteiger partial charge in [0.15, 0.2) is 0 Å². The second kappa shape index (κ2) is 2.32. The van der Waals surface area contributed by atoms with Gasteiger partial charge >= 0.3 is 0 Å². The minimum atomic E-state index is -0.471. The van der Waals surface area contributed by atoms with Gasteiger partial charge in [0.25, 0.3) is 0 Å². The van der Waals surface area contributed by atoms with E-state index in [1.54, 1.807) is 0 Å². The van der Waals surface area contributed by atoms with Crippen molar-refractivity contribution in [3.63, 3.8) is 0 Å². The molecule has 0 spiro atoms. The van der Waals surface area contributed by atoms with Crippen LogP contribution < -0.4 is 0 Å². The van der Waals surface area contributed by atoms with Crippen molar-refractivity contribution in [3.05, 3.63) is 35.4 Å². The molecule has 1 aromatic carbocycles. The van der Waals surface area contributed by atoms with Crippen LogP contribution in [0.3, 0.4) is 0 Å². The lowest BCUT2D eigenvalue weighted by Gasteiger charge is -2.00. The number of hydrogen-bond acceptors (Lipinski definition) is 2. The van der Waals surface area contributed by atoms with Crippen molar-refractivity contribution >= 4 is 0 Å². The van der Waals surface area contributed by atoms with E-state index >= 15 is 0 Å². The van der Waals surface area contributed by atoms with Crippen LogP contribution in [0.2, 0.25) is 0 Å². The Balaban J connectivity index is 2.52. The Hall–Kier alpha value is -0.860. The molecule has 1 aliphatic carbocycles. The van der Waals surface area contributed by atoms with Crippen molar-refractivity contribution in [2.45, 2.75) is 18.6 Å². The molecule has 0 saturated carbocycles. The maximum Gasteiger partial charge on any atom is 0.0821 e. The van der Waals surface area contributed by atoms with Crippen LogP contribution in [0, 0.1) is 0 Å². The molecule has 2 rings (SSSR count). The van der Waals surface area contributed by atoms with Crippen LogP contribution >= 0.6 is 0 Å². The minimum absolute atomic E-state index is 0.444. The minimum Gasteiger partial charge on any atom is -0.388 e. The maximum absolute atomic E-state index is 9.39. The summed E-state index contributed by atoms with van der Waals surface area (Å²) in [5.74, 6) is 0. The highest BCUT2D eigenvalue weighted by Crippen LogP contribution is 2.37. The van der Waals surface area contributed by atoms with E-state index in [0.29, 0.717) is 6.42 Å². The third kappa shape index (κ3) is 0.951. The van der Waals surface area contributed by atoms with Crippen LogP contribution in [0.5, 0.6) is 0 Å². The predicted molar refractivity (Wildman–Crippen MR) is 41.0 cm³/mol. The Morgan fingerprint density at radius 3 is 1.91 bits per heavy atom. The van der Waals surface area contributed by atoms with Crippen LogP contribution in [-0.4, -0.2) is 10.2 Å². The molecule has 58 valence electrons. The first kappa shape index (κ1) is 6.83. The van der Waals surface area contributed by atoms with E-state index in [4.69, 9.17) is 0 Å². The molecule has 2 N–H and O–H groups in total. The van der Waals surface area contributed by atoms with E-state index in [1.807, 2.05) is 24.3 Å². The molecule has 0 aliphatic heterocycles. The van der Waals surface area contributed by atoms with Gasteiger partial charge in [0.05, 0.1) is 12.2 Å². The molecular weight excluding hydrogens is 140 g/mol. The van der Waals surface area contributed by atoms with E-state index in [2.05, 4.69) is 0 Å². The zero-order valence-corrected chi connectivity index (χ0v) is 6.07. The maximum atomic E-state index is 9.39. The zero-order chi connectivity index (χ0) is 7.84. The summed E-state index contributed by atoms with van der Waals surface area (Å²) in [6, 6.07) is 7.46. The number of fused-ring (bicyclic) bond motifs is 1. The molecule has 0 heterocycles. The van der Waals surface area contributed by atoms with Gasteiger partial charge < -0.3 is 10.2 Å². The quantitative estimate of drug-likeness (QED) is 0.582. The second-order valence-electron chi connectivity index (χ2n) is 2.90. The lowest BCUT2D eigenvalue weighted by Crippen LogP contribution is -1.89. The summed E-state index contributed by atoms with van der Waals surface area (Å²) in [5.41, 5.74) is 1.75. The molecule has 0 saturated heterocycles. The molecule has 2 heteroatoms. The molecule has 0 bridgehead atoms. The molecule has 1 aliphatic rings. The number of aliphatic hydroxyl groups excluding tert-OH is 2. The second-order valence-corrected chi connectivity index (χ2v) is 2.90. The summed E-state index contributed by atoms with van der Waals surface area (Å²) in [5, 5.41) is 18.8. The Morgan fingerprint density at radius 2 is 1.45 bits per heavy atom. The highest BCUT2D eigenvalue weighted by molar-refractivity contribution is 5.35. The molecule has 11 heavy (non-hydrogen) atoms. The molecule has 0 radical (unpaired) electrons. The molecule has 1 aromatic rings. The summed E-state index contributed by atoms with van der Waals surface area (Å²) in [6.45, 7) is 0. The molecule has 0 unspecified atom stereocenters. The Kier molecular flexibility index (Phi) is 1.44. The smallest absolute Gasteiger partial charge is 0.0821 e. The lowest BCUT2D eigenvalue weighted by molar-refractivity contribution is 0.107. The topological polar surface area (TPSA) is 40.5 Å². The van der Waals surface area contributed by atoms with Gasteiger partial charge in [-0.3, -0.25) is 0 Å². The van der Waals surface area contributed by atoms with Crippen LogP contribution in [-0.2, 0) is 0 Å². The van der Waals surface area contributed by atoms with Crippen LogP contribution in [0.25, 0.3) is 0 Å². The van der Waals surface area contributed by atoms with Crippen molar-refractivity contribution in [2.75, 3.05) is 0 Å². The van der Waals surface area contributed by atoms with Crippen LogP contribution in [0.15, 0.2) is 24.3 Å². The molecule has 2 nitrogen and oxygen atoms in total. The standard InChI is InChI=1S/C9H10O2/c10-8-5-9(11)7-4-2-1-3-6(7)8/h1-4,8-11H,5H2/t8-,9-/m1/s1. The lowest BCUT2D eigenvalue weighted by atomic mass is 10.1. The third-order valence-corrected chi connectivity index (χ3v) is 2.16. The number of rotatable bonds is 0. The highest BCUT2D eigenvalue weighted by atomic mass is 16.3. The zero-order valence-electron chi connectivity index (χ0n) is 6.07. The normalized spacial score (nSPS) is 28.5. The molecule has 0 aromatic heterocycles. The first-order chi connectivity index (χ1) is 5.29. The molecule has 0 amide bonds. The van der Waals surface area contributed by atoms with Crippen LogP contribution in [0.1, 0.15) is 29.8 Å². The van der Waals surface area contributed by atoms with Crippen molar-refractivity contribution in [1.29, 1.82) is 0 Å². The van der Waals surface area contributed by atoms with Crippen molar-refractivity contribution in [3.8, 4) is 0 Å². The molecular formula is C9H10O2. The summed E-state index contributed by atoms with van der Waals surface area (Å²) in [7, 11) is 0. The monoisotopic (exact) mass is 150 g/mol. The Morgan fingerprint density at radius 1 is 1.00 bits per heavy atom. The molecule has 0 fully saturated rings. The average molecular weight is 150 g/mol. The van der Waals surface area contributed by atoms with E-state index in [9.17, 15) is 10.2 Å². The molecule has 2 atom stereocenters. The summed E-state index contributed by atoms with van der Waals surface area (Å²) >= 11 is 0. The summed E-state index contributed by atoms with van der Waals surface area (Å²) in [6.07, 6.45) is -0.498. The van der Waals surface area contributed by atoms with Crippen molar-refractivity contribution < 1.29 is 10.2 Å². The average Bonchev–Trinajstić information content (AvgIpc) is 2.30. The van der Waals surface area contributed by atoms with Gasteiger partial charge in [-0.1, -0.05) is 24.3 Å². The van der Waals surface area contributed by atoms with Gasteiger partial charge in [0.1, 0.15) is 0 Å². The van der Waals surface area contributed by atoms with Gasteiger partial charge in [-0.05, 0) is 11.1 Å². The van der Waals surface area contributed by atoms with E-state index in [0.717, 1.165) is 11.1 Å². The van der Waals surface area contributed by atoms with Gasteiger partial charge in [0, 0.05) is 6.42 Å². The van der Waals surface area contributed by atoms with Gasteiger partial charge in [-0.15, -0.1) is 0 Å². The largest absolute Gasteiger partial charge is 0.388 e. The van der Waals surface area contributed by atoms with E-state index < -0.39 is 12.2 Å². The third-order valence-electron chi connectivity index (χ3n) is 2.16. The summed E-state index contributed by atoms with van der Waals surface area (Å²) < 4.78 is 0. The highest BCUT2D eigenvalue weighted by Gasteiger charge is 2.26. The van der Waals surface area contributed by atoms with Crippen molar-refractivity contribution in [2.24, 2.45) is 0 Å². The number of hydrogen-bond donors (Lipinski definition) is 2. The SMILES string of the molecule is O[C@@H]1C[C@@H](O)c2ccccc21. The first-order valence-corrected chi connectivity index (χ1v) is 3.74. The van der Waals surface area contributed by atoms with Gasteiger partial charge in [-0.25, -0.2) is 0 Å². The van der Waals surface area contributed by atoms with Crippen molar-refractivity contribution in [1.82, 2.24) is 0 Å². The fourth-order valence-corrected chi connectivity index (χ4v) is 1.58. The predicted octanol–water partition coefficient (Wildman–Crippen LogP) is 1.16. The van der Waals surface area contributed by atoms with Gasteiger partial charge in [-0.2, -0.15) is 0 Å².